The minimum atomic E-state index is -0.374. The summed E-state index contributed by atoms with van der Waals surface area (Å²) in [5.74, 6) is 0.296. The monoisotopic (exact) mass is 287 g/mol. The Labute approximate surface area is 122 Å². The molecule has 1 aromatic heterocycles. The van der Waals surface area contributed by atoms with E-state index in [0.717, 1.165) is 12.8 Å². The van der Waals surface area contributed by atoms with E-state index in [-0.39, 0.29) is 17.6 Å². The second-order valence-electron chi connectivity index (χ2n) is 4.57. The maximum absolute atomic E-state index is 12.0. The molecule has 0 aliphatic carbocycles. The first-order valence-corrected chi connectivity index (χ1v) is 6.68. The molecule has 0 aliphatic heterocycles. The van der Waals surface area contributed by atoms with Crippen LogP contribution in [0.2, 0.25) is 0 Å². The van der Waals surface area contributed by atoms with Crippen molar-refractivity contribution in [2.24, 2.45) is 0 Å². The van der Waals surface area contributed by atoms with Crippen molar-refractivity contribution in [3.63, 3.8) is 0 Å². The Morgan fingerprint density at radius 2 is 1.76 bits per heavy atom. The summed E-state index contributed by atoms with van der Waals surface area (Å²) in [6.45, 7) is 3.46. The molecule has 1 heterocycles. The van der Waals surface area contributed by atoms with E-state index in [1.165, 1.54) is 6.92 Å². The number of aryl methyl sites for hydroxylation is 1. The first-order valence-electron chi connectivity index (χ1n) is 6.68. The van der Waals surface area contributed by atoms with Gasteiger partial charge in [-0.15, -0.1) is 5.10 Å². The Bertz CT molecular complexity index is 633. The fourth-order valence-corrected chi connectivity index (χ4v) is 1.77. The van der Waals surface area contributed by atoms with Gasteiger partial charge in [0.1, 0.15) is 5.82 Å². The lowest BCUT2D eigenvalue weighted by Crippen LogP contribution is -2.14. The van der Waals surface area contributed by atoms with Gasteiger partial charge in [0.25, 0.3) is 5.91 Å². The summed E-state index contributed by atoms with van der Waals surface area (Å²) in [7, 11) is 0. The number of carbonyl (C=O) groups is 2. The van der Waals surface area contributed by atoms with Gasteiger partial charge in [-0.3, -0.25) is 14.7 Å². The first kappa shape index (κ1) is 14.7. The van der Waals surface area contributed by atoms with Gasteiger partial charge in [-0.1, -0.05) is 6.92 Å². The summed E-state index contributed by atoms with van der Waals surface area (Å²) in [6, 6.07) is 6.81. The van der Waals surface area contributed by atoms with E-state index in [2.05, 4.69) is 25.8 Å². The van der Waals surface area contributed by atoms with Crippen LogP contribution in [0.1, 0.15) is 36.7 Å². The fourth-order valence-electron chi connectivity index (χ4n) is 1.77. The van der Waals surface area contributed by atoms with Gasteiger partial charge in [0.15, 0.2) is 0 Å². The van der Waals surface area contributed by atoms with Gasteiger partial charge in [0.2, 0.25) is 11.7 Å². The summed E-state index contributed by atoms with van der Waals surface area (Å²) >= 11 is 0. The van der Waals surface area contributed by atoms with Crippen LogP contribution < -0.4 is 10.6 Å². The average molecular weight is 287 g/mol. The molecule has 7 heteroatoms. The molecule has 110 valence electrons. The Kier molecular flexibility index (Phi) is 4.65. The molecule has 0 fully saturated rings. The van der Waals surface area contributed by atoms with Crippen molar-refractivity contribution in [3.05, 3.63) is 35.9 Å². The number of benzene rings is 1. The zero-order chi connectivity index (χ0) is 15.2. The predicted octanol–water partition coefficient (Wildman–Crippen LogP) is 1.97. The number of aromatic amines is 1. The highest BCUT2D eigenvalue weighted by molar-refractivity contribution is 6.01. The van der Waals surface area contributed by atoms with Crippen LogP contribution in [0.3, 0.4) is 0 Å². The second kappa shape index (κ2) is 6.65. The zero-order valence-corrected chi connectivity index (χ0v) is 11.9. The lowest BCUT2D eigenvalue weighted by Gasteiger charge is -2.05. The summed E-state index contributed by atoms with van der Waals surface area (Å²) < 4.78 is 0. The van der Waals surface area contributed by atoms with Gasteiger partial charge < -0.3 is 10.6 Å². The minimum Gasteiger partial charge on any atom is -0.326 e. The van der Waals surface area contributed by atoms with Crippen LogP contribution in [-0.4, -0.2) is 27.0 Å². The summed E-state index contributed by atoms with van der Waals surface area (Å²) in [4.78, 5) is 27.0. The normalized spacial score (nSPS) is 10.2. The van der Waals surface area contributed by atoms with Crippen molar-refractivity contribution in [3.8, 4) is 0 Å². The van der Waals surface area contributed by atoms with E-state index in [1.807, 2.05) is 6.92 Å². The van der Waals surface area contributed by atoms with E-state index < -0.39 is 0 Å². The van der Waals surface area contributed by atoms with Crippen molar-refractivity contribution >= 4 is 23.2 Å². The van der Waals surface area contributed by atoms with E-state index in [0.29, 0.717) is 17.2 Å². The molecule has 0 spiro atoms. The van der Waals surface area contributed by atoms with Crippen LogP contribution in [0.4, 0.5) is 11.4 Å². The van der Waals surface area contributed by atoms with Crippen LogP contribution in [0.5, 0.6) is 0 Å². The number of amides is 2. The summed E-state index contributed by atoms with van der Waals surface area (Å²) in [6.07, 6.45) is 1.69. The minimum absolute atomic E-state index is 0.115. The molecular formula is C14H17N5O2. The van der Waals surface area contributed by atoms with Crippen LogP contribution in [0.15, 0.2) is 24.3 Å². The van der Waals surface area contributed by atoms with E-state index in [1.54, 1.807) is 24.3 Å². The predicted molar refractivity (Wildman–Crippen MR) is 79.1 cm³/mol. The smallest absolute Gasteiger partial charge is 0.295 e. The molecule has 0 saturated carbocycles. The molecule has 0 unspecified atom stereocenters. The van der Waals surface area contributed by atoms with Crippen LogP contribution in [-0.2, 0) is 11.2 Å². The number of hydrogen-bond donors (Lipinski definition) is 3. The van der Waals surface area contributed by atoms with Crippen LogP contribution in [0, 0.1) is 0 Å². The lowest BCUT2D eigenvalue weighted by atomic mass is 10.2. The Morgan fingerprint density at radius 1 is 1.14 bits per heavy atom. The van der Waals surface area contributed by atoms with E-state index in [4.69, 9.17) is 0 Å². The third kappa shape index (κ3) is 4.13. The van der Waals surface area contributed by atoms with Crippen LogP contribution in [0.25, 0.3) is 0 Å². The van der Waals surface area contributed by atoms with Crippen LogP contribution >= 0.6 is 0 Å². The SMILES string of the molecule is CCCc1nc(C(=O)Nc2ccc(NC(C)=O)cc2)n[nH]1. The van der Waals surface area contributed by atoms with E-state index >= 15 is 0 Å². The largest absolute Gasteiger partial charge is 0.326 e. The maximum atomic E-state index is 12.0. The van der Waals surface area contributed by atoms with Crippen molar-refractivity contribution in [2.75, 3.05) is 10.6 Å². The quantitative estimate of drug-likeness (QED) is 0.782. The zero-order valence-electron chi connectivity index (χ0n) is 11.9. The number of carbonyl (C=O) groups excluding carboxylic acids is 2. The Hall–Kier alpha value is -2.70. The highest BCUT2D eigenvalue weighted by atomic mass is 16.2. The molecule has 0 aliphatic rings. The number of nitrogens with zero attached hydrogens (tertiary/aromatic N) is 2. The first-order chi connectivity index (χ1) is 10.1. The number of aromatic nitrogens is 3. The van der Waals surface area contributed by atoms with Gasteiger partial charge in [-0.2, -0.15) is 0 Å². The fraction of sp³-hybridized carbons (Fsp3) is 0.286. The van der Waals surface area contributed by atoms with Crippen molar-refractivity contribution in [2.45, 2.75) is 26.7 Å². The number of anilines is 2. The molecule has 21 heavy (non-hydrogen) atoms. The number of nitrogens with one attached hydrogen (secondary N) is 3. The molecule has 1 aromatic carbocycles. The highest BCUT2D eigenvalue weighted by Gasteiger charge is 2.12. The molecule has 2 rings (SSSR count). The summed E-state index contributed by atoms with van der Waals surface area (Å²) in [5.41, 5.74) is 1.28. The highest BCUT2D eigenvalue weighted by Crippen LogP contribution is 2.14. The Balaban J connectivity index is 1.99. The van der Waals surface area contributed by atoms with Gasteiger partial charge in [0, 0.05) is 24.7 Å². The maximum Gasteiger partial charge on any atom is 0.295 e. The molecule has 0 atom stereocenters. The molecule has 0 saturated heterocycles. The average Bonchev–Trinajstić information content (AvgIpc) is 2.89. The second-order valence-corrected chi connectivity index (χ2v) is 4.57. The molecular weight excluding hydrogens is 270 g/mol. The van der Waals surface area contributed by atoms with Crippen molar-refractivity contribution < 1.29 is 9.59 Å². The molecule has 2 amide bonds. The third-order valence-electron chi connectivity index (χ3n) is 2.68. The molecule has 3 N–H and O–H groups in total. The van der Waals surface area contributed by atoms with Crippen molar-refractivity contribution in [1.82, 2.24) is 15.2 Å². The number of hydrogen-bond acceptors (Lipinski definition) is 4. The molecule has 0 radical (unpaired) electrons. The van der Waals surface area contributed by atoms with Gasteiger partial charge in [-0.25, -0.2) is 4.98 Å². The van der Waals surface area contributed by atoms with E-state index in [9.17, 15) is 9.59 Å². The molecule has 2 aromatic rings. The lowest BCUT2D eigenvalue weighted by molar-refractivity contribution is -0.114. The van der Waals surface area contributed by atoms with Gasteiger partial charge in [-0.05, 0) is 30.7 Å². The molecule has 7 nitrogen and oxygen atoms in total. The Morgan fingerprint density at radius 3 is 2.33 bits per heavy atom. The van der Waals surface area contributed by atoms with Gasteiger partial charge in [0.05, 0.1) is 0 Å². The third-order valence-corrected chi connectivity index (χ3v) is 2.68. The number of rotatable bonds is 5. The topological polar surface area (TPSA) is 99.8 Å². The molecule has 0 bridgehead atoms. The standard InChI is InChI=1S/C14H17N5O2/c1-3-4-12-17-13(19-18-12)14(21)16-11-7-5-10(6-8-11)15-9(2)20/h5-8H,3-4H2,1-2H3,(H,15,20)(H,16,21)(H,17,18,19). The number of H-pyrrole nitrogens is 1. The van der Waals surface area contributed by atoms with Gasteiger partial charge >= 0.3 is 0 Å². The van der Waals surface area contributed by atoms with Crippen molar-refractivity contribution in [1.29, 1.82) is 0 Å². The summed E-state index contributed by atoms with van der Waals surface area (Å²) in [5, 5.41) is 12.0.